The van der Waals surface area contributed by atoms with E-state index >= 15 is 0 Å². The third-order valence-corrected chi connectivity index (χ3v) is 4.63. The second kappa shape index (κ2) is 4.64. The second-order valence-corrected chi connectivity index (χ2v) is 5.94. The Morgan fingerprint density at radius 3 is 3.00 bits per heavy atom. The summed E-state index contributed by atoms with van der Waals surface area (Å²) in [5, 5.41) is 0. The molecule has 3 heteroatoms. The number of hydrogen-bond acceptors (Lipinski definition) is 3. The smallest absolute Gasteiger partial charge is 0.202 e. The summed E-state index contributed by atoms with van der Waals surface area (Å²) in [7, 11) is 0. The average molecular weight is 258 g/mol. The molecule has 3 rings (SSSR count). The number of aryl methyl sites for hydroxylation is 1. The molecule has 2 atom stereocenters. The lowest BCUT2D eigenvalue weighted by molar-refractivity contribution is 0.226. The second-order valence-electron chi connectivity index (χ2n) is 5.94. The van der Waals surface area contributed by atoms with Crippen LogP contribution in [0.3, 0.4) is 0 Å². The molecule has 0 bridgehead atoms. The summed E-state index contributed by atoms with van der Waals surface area (Å²) < 4.78 is 5.99. The maximum absolute atomic E-state index is 6.32. The summed E-state index contributed by atoms with van der Waals surface area (Å²) in [5.41, 5.74) is 9.36. The molecule has 102 valence electrons. The van der Waals surface area contributed by atoms with E-state index in [9.17, 15) is 0 Å². The first-order chi connectivity index (χ1) is 9.13. The standard InChI is InChI=1S/C16H22N2O/c1-3-11-7-8-13-12(10-11)18-15(19-13)16(2)9-5-4-6-14(16)17/h7-8,10,14H,3-6,9,17H2,1-2H3. The molecule has 3 nitrogen and oxygen atoms in total. The molecule has 0 amide bonds. The van der Waals surface area contributed by atoms with Crippen LogP contribution in [0.25, 0.3) is 11.1 Å². The summed E-state index contributed by atoms with van der Waals surface area (Å²) in [6.07, 6.45) is 5.59. The zero-order chi connectivity index (χ0) is 13.5. The number of benzene rings is 1. The van der Waals surface area contributed by atoms with Crippen molar-refractivity contribution in [2.75, 3.05) is 0 Å². The van der Waals surface area contributed by atoms with Gasteiger partial charge in [-0.2, -0.15) is 0 Å². The monoisotopic (exact) mass is 258 g/mol. The summed E-state index contributed by atoms with van der Waals surface area (Å²) in [4.78, 5) is 4.72. The largest absolute Gasteiger partial charge is 0.440 e. The van der Waals surface area contributed by atoms with Crippen LogP contribution in [-0.2, 0) is 11.8 Å². The van der Waals surface area contributed by atoms with Crippen molar-refractivity contribution >= 4 is 11.1 Å². The van der Waals surface area contributed by atoms with Crippen molar-refractivity contribution in [1.29, 1.82) is 0 Å². The number of oxazole rings is 1. The quantitative estimate of drug-likeness (QED) is 0.896. The predicted octanol–water partition coefficient (Wildman–Crippen LogP) is 3.55. The zero-order valence-electron chi connectivity index (χ0n) is 11.8. The van der Waals surface area contributed by atoms with Gasteiger partial charge in [-0.15, -0.1) is 0 Å². The first-order valence-corrected chi connectivity index (χ1v) is 7.29. The lowest BCUT2D eigenvalue weighted by Crippen LogP contribution is -2.45. The van der Waals surface area contributed by atoms with Gasteiger partial charge in [-0.25, -0.2) is 4.98 Å². The van der Waals surface area contributed by atoms with Crippen molar-refractivity contribution in [1.82, 2.24) is 4.98 Å². The van der Waals surface area contributed by atoms with Gasteiger partial charge in [0.25, 0.3) is 0 Å². The Morgan fingerprint density at radius 2 is 2.26 bits per heavy atom. The van der Waals surface area contributed by atoms with Crippen molar-refractivity contribution in [3.8, 4) is 0 Å². The van der Waals surface area contributed by atoms with E-state index in [1.807, 2.05) is 6.07 Å². The normalized spacial score (nSPS) is 27.8. The Morgan fingerprint density at radius 1 is 1.42 bits per heavy atom. The molecule has 0 radical (unpaired) electrons. The molecule has 1 aliphatic carbocycles. The molecule has 1 aromatic carbocycles. The molecule has 1 aliphatic rings. The van der Waals surface area contributed by atoms with Crippen LogP contribution in [0.15, 0.2) is 22.6 Å². The van der Waals surface area contributed by atoms with Crippen LogP contribution < -0.4 is 5.73 Å². The van der Waals surface area contributed by atoms with E-state index < -0.39 is 0 Å². The first-order valence-electron chi connectivity index (χ1n) is 7.29. The van der Waals surface area contributed by atoms with Gasteiger partial charge in [0.1, 0.15) is 5.52 Å². The first kappa shape index (κ1) is 12.7. The van der Waals surface area contributed by atoms with Gasteiger partial charge >= 0.3 is 0 Å². The Balaban J connectivity index is 2.04. The Hall–Kier alpha value is -1.35. The SMILES string of the molecule is CCc1ccc2oc(C3(C)CCCCC3N)nc2c1. The molecular weight excluding hydrogens is 236 g/mol. The molecule has 1 heterocycles. The topological polar surface area (TPSA) is 52.0 Å². The molecule has 1 fully saturated rings. The molecule has 19 heavy (non-hydrogen) atoms. The fourth-order valence-electron chi connectivity index (χ4n) is 3.06. The minimum atomic E-state index is -0.107. The number of rotatable bonds is 2. The Labute approximate surface area is 114 Å². The highest BCUT2D eigenvalue weighted by Crippen LogP contribution is 2.39. The number of fused-ring (bicyclic) bond motifs is 1. The molecule has 2 unspecified atom stereocenters. The van der Waals surface area contributed by atoms with E-state index in [1.54, 1.807) is 0 Å². The zero-order valence-corrected chi connectivity index (χ0v) is 11.8. The van der Waals surface area contributed by atoms with E-state index in [4.69, 9.17) is 15.1 Å². The highest BCUT2D eigenvalue weighted by molar-refractivity contribution is 5.73. The van der Waals surface area contributed by atoms with Gasteiger partial charge in [-0.1, -0.05) is 25.8 Å². The highest BCUT2D eigenvalue weighted by Gasteiger charge is 2.40. The van der Waals surface area contributed by atoms with E-state index in [2.05, 4.69) is 26.0 Å². The molecule has 1 saturated carbocycles. The number of nitrogens with zero attached hydrogens (tertiary/aromatic N) is 1. The van der Waals surface area contributed by atoms with Crippen molar-refractivity contribution in [3.05, 3.63) is 29.7 Å². The third kappa shape index (κ3) is 2.06. The molecular formula is C16H22N2O. The summed E-state index contributed by atoms with van der Waals surface area (Å²) in [5.74, 6) is 0.822. The number of hydrogen-bond donors (Lipinski definition) is 1. The molecule has 2 N–H and O–H groups in total. The van der Waals surface area contributed by atoms with Crippen molar-refractivity contribution in [2.45, 2.75) is 57.4 Å². The van der Waals surface area contributed by atoms with Gasteiger partial charge in [-0.05, 0) is 43.9 Å². The van der Waals surface area contributed by atoms with Crippen molar-refractivity contribution in [2.24, 2.45) is 5.73 Å². The van der Waals surface area contributed by atoms with E-state index in [1.165, 1.54) is 18.4 Å². The van der Waals surface area contributed by atoms with Gasteiger partial charge in [0, 0.05) is 6.04 Å². The maximum Gasteiger partial charge on any atom is 0.202 e. The molecule has 1 aromatic heterocycles. The lowest BCUT2D eigenvalue weighted by atomic mass is 9.72. The number of nitrogens with two attached hydrogens (primary N) is 1. The maximum atomic E-state index is 6.32. The number of aromatic nitrogens is 1. The summed E-state index contributed by atoms with van der Waals surface area (Å²) >= 11 is 0. The van der Waals surface area contributed by atoms with Crippen molar-refractivity contribution < 1.29 is 4.42 Å². The van der Waals surface area contributed by atoms with E-state index in [0.717, 1.165) is 36.3 Å². The van der Waals surface area contributed by atoms with E-state index in [-0.39, 0.29) is 11.5 Å². The van der Waals surface area contributed by atoms with Crippen LogP contribution in [0.2, 0.25) is 0 Å². The van der Waals surface area contributed by atoms with Crippen LogP contribution in [0, 0.1) is 0 Å². The van der Waals surface area contributed by atoms with E-state index in [0.29, 0.717) is 0 Å². The van der Waals surface area contributed by atoms with Crippen LogP contribution in [-0.4, -0.2) is 11.0 Å². The van der Waals surface area contributed by atoms with Crippen LogP contribution in [0.5, 0.6) is 0 Å². The predicted molar refractivity (Wildman–Crippen MR) is 77.2 cm³/mol. The summed E-state index contributed by atoms with van der Waals surface area (Å²) in [6.45, 7) is 4.35. The van der Waals surface area contributed by atoms with Crippen molar-refractivity contribution in [3.63, 3.8) is 0 Å². The van der Waals surface area contributed by atoms with Gasteiger partial charge in [0.05, 0.1) is 5.41 Å². The van der Waals surface area contributed by atoms with Crippen LogP contribution in [0.4, 0.5) is 0 Å². The average Bonchev–Trinajstić information content (AvgIpc) is 2.85. The minimum absolute atomic E-state index is 0.107. The Kier molecular flexibility index (Phi) is 3.09. The van der Waals surface area contributed by atoms with Crippen LogP contribution in [0.1, 0.15) is 51.0 Å². The van der Waals surface area contributed by atoms with Gasteiger partial charge in [0.2, 0.25) is 5.89 Å². The molecule has 0 aliphatic heterocycles. The molecule has 2 aromatic rings. The fourth-order valence-corrected chi connectivity index (χ4v) is 3.06. The highest BCUT2D eigenvalue weighted by atomic mass is 16.3. The Bertz CT molecular complexity index is 589. The van der Waals surface area contributed by atoms with Gasteiger partial charge in [0.15, 0.2) is 5.58 Å². The molecule has 0 saturated heterocycles. The molecule has 0 spiro atoms. The summed E-state index contributed by atoms with van der Waals surface area (Å²) in [6, 6.07) is 6.42. The lowest BCUT2D eigenvalue weighted by Gasteiger charge is -2.36. The van der Waals surface area contributed by atoms with Gasteiger partial charge in [-0.3, -0.25) is 0 Å². The third-order valence-electron chi connectivity index (χ3n) is 4.63. The fraction of sp³-hybridized carbons (Fsp3) is 0.562. The van der Waals surface area contributed by atoms with Gasteiger partial charge < -0.3 is 10.2 Å². The van der Waals surface area contributed by atoms with Crippen LogP contribution >= 0.6 is 0 Å². The minimum Gasteiger partial charge on any atom is -0.440 e.